The van der Waals surface area contributed by atoms with E-state index in [-0.39, 0.29) is 34.9 Å². The number of alkyl halides is 2. The molecule has 1 saturated heterocycles. The van der Waals surface area contributed by atoms with Crippen LogP contribution in [0.2, 0.25) is 0 Å². The number of ether oxygens (including phenoxy) is 2. The van der Waals surface area contributed by atoms with Crippen molar-refractivity contribution >= 4 is 22.1 Å². The van der Waals surface area contributed by atoms with Gasteiger partial charge in [-0.3, -0.25) is 4.79 Å². The summed E-state index contributed by atoms with van der Waals surface area (Å²) in [5.74, 6) is -0.748. The van der Waals surface area contributed by atoms with Gasteiger partial charge >= 0.3 is 6.61 Å². The standard InChI is InChI=1S/C19H19F2N3O5S/c20-19(21)29-17-7-2-1-4-15(17)13-22-23-18(25)14-5-3-6-16(12-14)30(26,27)24-8-10-28-11-9-24/h1-7,12-13,19H,8-11H2,(H,23,25)/b22-13-. The van der Waals surface area contributed by atoms with E-state index in [4.69, 9.17) is 4.74 Å². The number of morpholine rings is 1. The van der Waals surface area contributed by atoms with Gasteiger partial charge in [-0.25, -0.2) is 13.8 Å². The molecule has 1 heterocycles. The van der Waals surface area contributed by atoms with Crippen LogP contribution in [0.3, 0.4) is 0 Å². The van der Waals surface area contributed by atoms with Crippen LogP contribution >= 0.6 is 0 Å². The van der Waals surface area contributed by atoms with Crippen molar-refractivity contribution in [2.24, 2.45) is 5.10 Å². The van der Waals surface area contributed by atoms with E-state index >= 15 is 0 Å². The molecular weight excluding hydrogens is 420 g/mol. The highest BCUT2D eigenvalue weighted by molar-refractivity contribution is 7.89. The maximum atomic E-state index is 12.7. The summed E-state index contributed by atoms with van der Waals surface area (Å²) >= 11 is 0. The van der Waals surface area contributed by atoms with Crippen LogP contribution in [0.15, 0.2) is 58.5 Å². The minimum Gasteiger partial charge on any atom is -0.434 e. The average molecular weight is 439 g/mol. The van der Waals surface area contributed by atoms with Crippen molar-refractivity contribution in [3.63, 3.8) is 0 Å². The molecule has 160 valence electrons. The van der Waals surface area contributed by atoms with E-state index in [9.17, 15) is 22.0 Å². The molecule has 2 aromatic carbocycles. The summed E-state index contributed by atoms with van der Waals surface area (Å²) in [4.78, 5) is 12.3. The zero-order valence-electron chi connectivity index (χ0n) is 15.7. The summed E-state index contributed by atoms with van der Waals surface area (Å²) in [6.07, 6.45) is 1.16. The number of carbonyl (C=O) groups is 1. The first-order valence-electron chi connectivity index (χ1n) is 8.93. The van der Waals surface area contributed by atoms with Crippen LogP contribution in [-0.2, 0) is 14.8 Å². The van der Waals surface area contributed by atoms with E-state index in [1.807, 2.05) is 0 Å². The predicted molar refractivity (Wildman–Crippen MR) is 104 cm³/mol. The van der Waals surface area contributed by atoms with E-state index in [1.165, 1.54) is 46.8 Å². The Balaban J connectivity index is 1.71. The smallest absolute Gasteiger partial charge is 0.387 e. The van der Waals surface area contributed by atoms with Gasteiger partial charge in [-0.15, -0.1) is 0 Å². The molecule has 0 atom stereocenters. The molecule has 1 N–H and O–H groups in total. The number of nitrogens with one attached hydrogen (secondary N) is 1. The summed E-state index contributed by atoms with van der Waals surface area (Å²) in [7, 11) is -3.75. The van der Waals surface area contributed by atoms with Crippen LogP contribution in [-0.4, -0.2) is 57.8 Å². The Hall–Kier alpha value is -2.89. The van der Waals surface area contributed by atoms with Crippen molar-refractivity contribution in [1.29, 1.82) is 0 Å². The number of sulfonamides is 1. The van der Waals surface area contributed by atoms with Gasteiger partial charge < -0.3 is 9.47 Å². The third kappa shape index (κ3) is 5.38. The SMILES string of the molecule is O=C(N/N=C\c1ccccc1OC(F)F)c1cccc(S(=O)(=O)N2CCOCC2)c1. The fraction of sp³-hybridized carbons (Fsp3) is 0.263. The molecule has 11 heteroatoms. The summed E-state index contributed by atoms with van der Waals surface area (Å²) in [6, 6.07) is 11.5. The van der Waals surface area contributed by atoms with Crippen molar-refractivity contribution < 1.29 is 31.5 Å². The van der Waals surface area contributed by atoms with E-state index in [0.717, 1.165) is 6.21 Å². The topological polar surface area (TPSA) is 97.3 Å². The third-order valence-corrected chi connectivity index (χ3v) is 6.10. The van der Waals surface area contributed by atoms with Gasteiger partial charge in [0, 0.05) is 24.2 Å². The predicted octanol–water partition coefficient (Wildman–Crippen LogP) is 2.07. The summed E-state index contributed by atoms with van der Waals surface area (Å²) < 4.78 is 61.2. The van der Waals surface area contributed by atoms with Crippen LogP contribution in [0.4, 0.5) is 8.78 Å². The molecule has 1 aliphatic rings. The molecule has 0 unspecified atom stereocenters. The Morgan fingerprint density at radius 2 is 1.90 bits per heavy atom. The molecule has 3 rings (SSSR count). The van der Waals surface area contributed by atoms with Gasteiger partial charge in [0.15, 0.2) is 0 Å². The number of carbonyl (C=O) groups excluding carboxylic acids is 1. The summed E-state index contributed by atoms with van der Waals surface area (Å²) in [6.45, 7) is -1.90. The molecule has 0 spiro atoms. The number of para-hydroxylation sites is 1. The van der Waals surface area contributed by atoms with E-state index < -0.39 is 22.5 Å². The molecule has 2 aromatic rings. The van der Waals surface area contributed by atoms with Gasteiger partial charge in [0.2, 0.25) is 10.0 Å². The molecule has 1 fully saturated rings. The molecule has 8 nitrogen and oxygen atoms in total. The summed E-state index contributed by atoms with van der Waals surface area (Å²) in [5, 5.41) is 3.74. The maximum Gasteiger partial charge on any atom is 0.387 e. The maximum absolute atomic E-state index is 12.7. The van der Waals surface area contributed by atoms with Gasteiger partial charge in [0.1, 0.15) is 5.75 Å². The molecular formula is C19H19F2N3O5S. The number of halogens is 2. The lowest BCUT2D eigenvalue weighted by molar-refractivity contribution is -0.0499. The second-order valence-electron chi connectivity index (χ2n) is 6.16. The molecule has 0 radical (unpaired) electrons. The zero-order chi connectivity index (χ0) is 21.6. The molecule has 1 amide bonds. The molecule has 0 bridgehead atoms. The first kappa shape index (κ1) is 21.8. The lowest BCUT2D eigenvalue weighted by Gasteiger charge is -2.26. The minimum atomic E-state index is -3.75. The Labute approximate surface area is 172 Å². The molecule has 0 saturated carbocycles. The highest BCUT2D eigenvalue weighted by Gasteiger charge is 2.26. The quantitative estimate of drug-likeness (QED) is 0.526. The minimum absolute atomic E-state index is 0.0169. The second-order valence-corrected chi connectivity index (χ2v) is 8.10. The van der Waals surface area contributed by atoms with Gasteiger partial charge in [0.25, 0.3) is 5.91 Å². The fourth-order valence-electron chi connectivity index (χ4n) is 2.75. The number of nitrogens with zero attached hydrogens (tertiary/aromatic N) is 2. The lowest BCUT2D eigenvalue weighted by Crippen LogP contribution is -2.40. The number of benzene rings is 2. The first-order valence-corrected chi connectivity index (χ1v) is 10.4. The van der Waals surface area contributed by atoms with Crippen LogP contribution in [0, 0.1) is 0 Å². The number of rotatable bonds is 7. The van der Waals surface area contributed by atoms with Gasteiger partial charge in [-0.1, -0.05) is 18.2 Å². The van der Waals surface area contributed by atoms with Crippen molar-refractivity contribution in [1.82, 2.24) is 9.73 Å². The highest BCUT2D eigenvalue weighted by atomic mass is 32.2. The monoisotopic (exact) mass is 439 g/mol. The van der Waals surface area contributed by atoms with Gasteiger partial charge in [-0.2, -0.15) is 18.2 Å². The second kappa shape index (κ2) is 9.74. The van der Waals surface area contributed by atoms with Crippen LogP contribution in [0.25, 0.3) is 0 Å². The molecule has 1 aliphatic heterocycles. The first-order chi connectivity index (χ1) is 14.4. The Morgan fingerprint density at radius 3 is 2.63 bits per heavy atom. The van der Waals surface area contributed by atoms with Crippen LogP contribution in [0.1, 0.15) is 15.9 Å². The largest absolute Gasteiger partial charge is 0.434 e. The number of hydrogen-bond donors (Lipinski definition) is 1. The van der Waals surface area contributed by atoms with E-state index in [1.54, 1.807) is 6.07 Å². The van der Waals surface area contributed by atoms with Crippen molar-refractivity contribution in [2.45, 2.75) is 11.5 Å². The Kier molecular flexibility index (Phi) is 7.08. The number of hydrogen-bond acceptors (Lipinski definition) is 6. The van der Waals surface area contributed by atoms with E-state index in [0.29, 0.717) is 13.2 Å². The van der Waals surface area contributed by atoms with Crippen molar-refractivity contribution in [2.75, 3.05) is 26.3 Å². The average Bonchev–Trinajstić information content (AvgIpc) is 2.75. The summed E-state index contributed by atoms with van der Waals surface area (Å²) in [5.41, 5.74) is 2.56. The zero-order valence-corrected chi connectivity index (χ0v) is 16.5. The number of hydrazone groups is 1. The molecule has 0 aromatic heterocycles. The normalized spacial score (nSPS) is 15.4. The number of amides is 1. The van der Waals surface area contributed by atoms with Crippen LogP contribution in [0.5, 0.6) is 5.75 Å². The lowest BCUT2D eigenvalue weighted by atomic mass is 10.2. The molecule has 0 aliphatic carbocycles. The van der Waals surface area contributed by atoms with Crippen molar-refractivity contribution in [3.05, 3.63) is 59.7 Å². The van der Waals surface area contributed by atoms with E-state index in [2.05, 4.69) is 15.3 Å². The third-order valence-electron chi connectivity index (χ3n) is 4.21. The van der Waals surface area contributed by atoms with Crippen LogP contribution < -0.4 is 10.2 Å². The Bertz CT molecular complexity index is 1020. The van der Waals surface area contributed by atoms with Crippen molar-refractivity contribution in [3.8, 4) is 5.75 Å². The molecule has 30 heavy (non-hydrogen) atoms. The Morgan fingerprint density at radius 1 is 1.17 bits per heavy atom. The van der Waals surface area contributed by atoms with Gasteiger partial charge in [0.05, 0.1) is 24.3 Å². The fourth-order valence-corrected chi connectivity index (χ4v) is 4.20. The highest BCUT2D eigenvalue weighted by Crippen LogP contribution is 2.19. The van der Waals surface area contributed by atoms with Gasteiger partial charge in [-0.05, 0) is 30.3 Å².